The summed E-state index contributed by atoms with van der Waals surface area (Å²) < 4.78 is 14.0. The first kappa shape index (κ1) is 17.5. The van der Waals surface area contributed by atoms with Crippen molar-refractivity contribution in [3.8, 4) is 0 Å². The van der Waals surface area contributed by atoms with E-state index in [-0.39, 0.29) is 0 Å². The standard InChI is InChI=1S/C21H33F/c1-5-19(21(4)13-8-6-7-9-14-21)18-12-10-11-17(15-18)16-20(2,3)22/h10-12,15,19H,5-9,13-14,16H2,1-4H3. The van der Waals surface area contributed by atoms with Crippen molar-refractivity contribution in [3.63, 3.8) is 0 Å². The molecule has 1 unspecified atom stereocenters. The van der Waals surface area contributed by atoms with E-state index in [4.69, 9.17) is 0 Å². The van der Waals surface area contributed by atoms with Gasteiger partial charge >= 0.3 is 0 Å². The second kappa shape index (κ2) is 7.15. The molecule has 1 aromatic rings. The molecule has 0 aromatic heterocycles. The Morgan fingerprint density at radius 1 is 1.14 bits per heavy atom. The van der Waals surface area contributed by atoms with Gasteiger partial charge in [0, 0.05) is 6.42 Å². The minimum absolute atomic E-state index is 0.412. The molecule has 0 amide bonds. The summed E-state index contributed by atoms with van der Waals surface area (Å²) in [6.45, 7) is 8.14. The van der Waals surface area contributed by atoms with Crippen LogP contribution in [-0.4, -0.2) is 5.67 Å². The van der Waals surface area contributed by atoms with E-state index in [1.54, 1.807) is 13.8 Å². The summed E-state index contributed by atoms with van der Waals surface area (Å²) >= 11 is 0. The molecule has 22 heavy (non-hydrogen) atoms. The summed E-state index contributed by atoms with van der Waals surface area (Å²) in [5.74, 6) is 0.605. The Hall–Kier alpha value is -0.850. The normalized spacial score (nSPS) is 20.4. The van der Waals surface area contributed by atoms with Gasteiger partial charge in [0.05, 0.1) is 0 Å². The molecule has 1 atom stereocenters. The minimum Gasteiger partial charge on any atom is -0.244 e. The third-order valence-corrected chi connectivity index (χ3v) is 5.47. The van der Waals surface area contributed by atoms with Gasteiger partial charge in [-0.25, -0.2) is 4.39 Å². The van der Waals surface area contributed by atoms with Crippen molar-refractivity contribution in [2.45, 2.75) is 90.6 Å². The molecule has 1 aromatic carbocycles. The lowest BCUT2D eigenvalue weighted by Gasteiger charge is -2.37. The van der Waals surface area contributed by atoms with Crippen LogP contribution in [0.25, 0.3) is 0 Å². The molecule has 0 spiro atoms. The zero-order chi connectivity index (χ0) is 16.2. The molecule has 1 fully saturated rings. The van der Waals surface area contributed by atoms with Crippen LogP contribution < -0.4 is 0 Å². The van der Waals surface area contributed by atoms with Gasteiger partial charge in [-0.05, 0) is 55.6 Å². The lowest BCUT2D eigenvalue weighted by atomic mass is 9.67. The van der Waals surface area contributed by atoms with Crippen molar-refractivity contribution in [1.29, 1.82) is 0 Å². The van der Waals surface area contributed by atoms with E-state index in [0.29, 0.717) is 17.8 Å². The van der Waals surface area contributed by atoms with Crippen molar-refractivity contribution < 1.29 is 4.39 Å². The van der Waals surface area contributed by atoms with E-state index < -0.39 is 5.67 Å². The van der Waals surface area contributed by atoms with Crippen molar-refractivity contribution in [2.75, 3.05) is 0 Å². The molecule has 1 saturated carbocycles. The zero-order valence-electron chi connectivity index (χ0n) is 14.9. The maximum absolute atomic E-state index is 14.0. The molecule has 0 radical (unpaired) electrons. The fraction of sp³-hybridized carbons (Fsp3) is 0.714. The van der Waals surface area contributed by atoms with Crippen LogP contribution in [0.5, 0.6) is 0 Å². The molecule has 124 valence electrons. The predicted octanol–water partition coefficient (Wildman–Crippen LogP) is 6.83. The number of hydrogen-bond acceptors (Lipinski definition) is 0. The third kappa shape index (κ3) is 4.57. The number of alkyl halides is 1. The average molecular weight is 304 g/mol. The van der Waals surface area contributed by atoms with E-state index in [2.05, 4.69) is 38.1 Å². The lowest BCUT2D eigenvalue weighted by molar-refractivity contribution is 0.208. The van der Waals surface area contributed by atoms with Crippen LogP contribution in [-0.2, 0) is 6.42 Å². The highest BCUT2D eigenvalue weighted by molar-refractivity contribution is 5.29. The van der Waals surface area contributed by atoms with Crippen LogP contribution in [0, 0.1) is 5.41 Å². The van der Waals surface area contributed by atoms with E-state index in [1.807, 2.05) is 0 Å². The molecular weight excluding hydrogens is 271 g/mol. The maximum atomic E-state index is 14.0. The van der Waals surface area contributed by atoms with Gasteiger partial charge in [-0.2, -0.15) is 0 Å². The largest absolute Gasteiger partial charge is 0.244 e. The third-order valence-electron chi connectivity index (χ3n) is 5.47. The molecule has 1 heteroatoms. The average Bonchev–Trinajstić information content (AvgIpc) is 2.63. The first-order valence-electron chi connectivity index (χ1n) is 9.12. The quantitative estimate of drug-likeness (QED) is 0.523. The monoisotopic (exact) mass is 304 g/mol. The van der Waals surface area contributed by atoms with Crippen LogP contribution in [0.15, 0.2) is 24.3 Å². The molecule has 0 heterocycles. The fourth-order valence-corrected chi connectivity index (χ4v) is 4.42. The number of halogens is 1. The highest BCUT2D eigenvalue weighted by Crippen LogP contribution is 2.47. The van der Waals surface area contributed by atoms with Crippen LogP contribution in [0.3, 0.4) is 0 Å². The van der Waals surface area contributed by atoms with Gasteiger partial charge in [-0.3, -0.25) is 0 Å². The van der Waals surface area contributed by atoms with Gasteiger partial charge in [-0.15, -0.1) is 0 Å². The predicted molar refractivity (Wildman–Crippen MR) is 94.2 cm³/mol. The van der Waals surface area contributed by atoms with E-state index in [9.17, 15) is 4.39 Å². The van der Waals surface area contributed by atoms with Crippen LogP contribution in [0.4, 0.5) is 4.39 Å². The Kier molecular flexibility index (Phi) is 5.69. The Morgan fingerprint density at radius 2 is 1.77 bits per heavy atom. The van der Waals surface area contributed by atoms with Crippen molar-refractivity contribution in [3.05, 3.63) is 35.4 Å². The molecule has 0 aliphatic heterocycles. The van der Waals surface area contributed by atoms with Gasteiger partial charge in [0.15, 0.2) is 0 Å². The van der Waals surface area contributed by atoms with Crippen molar-refractivity contribution >= 4 is 0 Å². The van der Waals surface area contributed by atoms with Crippen molar-refractivity contribution in [2.24, 2.45) is 5.41 Å². The maximum Gasteiger partial charge on any atom is 0.109 e. The summed E-state index contributed by atoms with van der Waals surface area (Å²) in [4.78, 5) is 0. The zero-order valence-corrected chi connectivity index (χ0v) is 14.9. The second-order valence-corrected chi connectivity index (χ2v) is 8.17. The summed E-state index contributed by atoms with van der Waals surface area (Å²) in [6.07, 6.45) is 9.88. The molecule has 0 saturated heterocycles. The Balaban J connectivity index is 2.24. The fourth-order valence-electron chi connectivity index (χ4n) is 4.42. The number of rotatable bonds is 5. The topological polar surface area (TPSA) is 0 Å². The summed E-state index contributed by atoms with van der Waals surface area (Å²) in [5, 5.41) is 0. The Labute approximate surface area is 136 Å². The highest BCUT2D eigenvalue weighted by Gasteiger charge is 2.34. The number of hydrogen-bond donors (Lipinski definition) is 0. The second-order valence-electron chi connectivity index (χ2n) is 8.17. The van der Waals surface area contributed by atoms with Crippen LogP contribution >= 0.6 is 0 Å². The van der Waals surface area contributed by atoms with Crippen LogP contribution in [0.1, 0.15) is 89.7 Å². The number of benzene rings is 1. The molecule has 1 aliphatic carbocycles. The summed E-state index contributed by atoms with van der Waals surface area (Å²) in [5.41, 5.74) is 1.84. The molecule has 0 nitrogen and oxygen atoms in total. The van der Waals surface area contributed by atoms with Crippen molar-refractivity contribution in [1.82, 2.24) is 0 Å². The summed E-state index contributed by atoms with van der Waals surface area (Å²) in [7, 11) is 0. The molecule has 2 rings (SSSR count). The molecule has 0 N–H and O–H groups in total. The van der Waals surface area contributed by atoms with Gasteiger partial charge in [0.25, 0.3) is 0 Å². The Morgan fingerprint density at radius 3 is 2.32 bits per heavy atom. The van der Waals surface area contributed by atoms with Gasteiger partial charge in [0.2, 0.25) is 0 Å². The minimum atomic E-state index is -1.13. The lowest BCUT2D eigenvalue weighted by Crippen LogP contribution is -2.25. The van der Waals surface area contributed by atoms with Gasteiger partial charge < -0.3 is 0 Å². The van der Waals surface area contributed by atoms with Gasteiger partial charge in [-0.1, -0.05) is 63.8 Å². The smallest absolute Gasteiger partial charge is 0.109 e. The summed E-state index contributed by atoms with van der Waals surface area (Å²) in [6, 6.07) is 8.73. The molecular formula is C21H33F. The molecule has 1 aliphatic rings. The SMILES string of the molecule is CCC(c1cccc(CC(C)(C)F)c1)C1(C)CCCCCC1. The molecule has 0 bridgehead atoms. The van der Waals surface area contributed by atoms with E-state index >= 15 is 0 Å². The first-order valence-corrected chi connectivity index (χ1v) is 9.12. The van der Waals surface area contributed by atoms with E-state index in [1.165, 1.54) is 50.5 Å². The van der Waals surface area contributed by atoms with Crippen LogP contribution in [0.2, 0.25) is 0 Å². The highest BCUT2D eigenvalue weighted by atomic mass is 19.1. The first-order chi connectivity index (χ1) is 10.3. The van der Waals surface area contributed by atoms with E-state index in [0.717, 1.165) is 5.56 Å². The van der Waals surface area contributed by atoms with Gasteiger partial charge in [0.1, 0.15) is 5.67 Å². The Bertz CT molecular complexity index is 461.